The number of para-hydroxylation sites is 1. The van der Waals surface area contributed by atoms with E-state index < -0.39 is 23.6 Å². The second-order valence-corrected chi connectivity index (χ2v) is 8.13. The third-order valence-corrected chi connectivity index (χ3v) is 5.56. The summed E-state index contributed by atoms with van der Waals surface area (Å²) in [5.74, 6) is 0.237. The van der Waals surface area contributed by atoms with E-state index in [1.807, 2.05) is 0 Å². The average molecular weight is 360 g/mol. The third-order valence-electron chi connectivity index (χ3n) is 4.59. The molecule has 0 fully saturated rings. The van der Waals surface area contributed by atoms with Gasteiger partial charge in [-0.1, -0.05) is 38.1 Å². The molecule has 1 aliphatic rings. The number of hydrogen-bond acceptors (Lipinski definition) is 3. The van der Waals surface area contributed by atoms with E-state index >= 15 is 0 Å². The van der Waals surface area contributed by atoms with E-state index in [1.54, 1.807) is 50.5 Å². The van der Waals surface area contributed by atoms with Gasteiger partial charge in [-0.2, -0.15) is 13.2 Å². The summed E-state index contributed by atoms with van der Waals surface area (Å²) in [6.45, 7) is 4.94. The first-order valence-electron chi connectivity index (χ1n) is 7.83. The van der Waals surface area contributed by atoms with Crippen molar-refractivity contribution in [2.75, 3.05) is 5.75 Å². The molecular weight excluding hydrogens is 337 g/mol. The largest absolute Gasteiger partial charge is 0.507 e. The fourth-order valence-corrected chi connectivity index (χ4v) is 4.20. The van der Waals surface area contributed by atoms with Gasteiger partial charge in [-0.25, -0.2) is 0 Å². The fourth-order valence-electron chi connectivity index (χ4n) is 3.28. The van der Waals surface area contributed by atoms with Gasteiger partial charge in [0.1, 0.15) is 5.75 Å². The van der Waals surface area contributed by atoms with Crippen LogP contribution in [0.2, 0.25) is 0 Å². The molecule has 0 bridgehead atoms. The second kappa shape index (κ2) is 6.64. The highest BCUT2D eigenvalue weighted by molar-refractivity contribution is 8.02. The highest BCUT2D eigenvalue weighted by atomic mass is 32.2. The maximum absolute atomic E-state index is 13.6. The standard InChI is InChI=1S/C18H23F3O2S/c1-12-5-4-6-14(15(12)22)16(2,3)11-17(23,18(19,20)21)9-13-7-8-24-10-13/h4-8,13,22-23H,9-11H2,1-3H3. The number of aliphatic hydroxyl groups is 1. The molecule has 0 aliphatic carbocycles. The van der Waals surface area contributed by atoms with Crippen molar-refractivity contribution in [2.45, 2.75) is 50.8 Å². The number of halogens is 3. The van der Waals surface area contributed by atoms with Gasteiger partial charge in [0.2, 0.25) is 0 Å². The molecule has 0 radical (unpaired) electrons. The van der Waals surface area contributed by atoms with E-state index in [2.05, 4.69) is 0 Å². The topological polar surface area (TPSA) is 40.5 Å². The summed E-state index contributed by atoms with van der Waals surface area (Å²) in [6, 6.07) is 5.02. The first-order valence-corrected chi connectivity index (χ1v) is 8.88. The van der Waals surface area contributed by atoms with Crippen LogP contribution in [0.15, 0.2) is 29.7 Å². The molecule has 0 aromatic heterocycles. The van der Waals surface area contributed by atoms with Crippen molar-refractivity contribution < 1.29 is 23.4 Å². The lowest BCUT2D eigenvalue weighted by atomic mass is 9.72. The molecule has 1 aromatic rings. The summed E-state index contributed by atoms with van der Waals surface area (Å²) >= 11 is 1.45. The zero-order valence-corrected chi connectivity index (χ0v) is 14.8. The molecule has 0 spiro atoms. The smallest absolute Gasteiger partial charge is 0.417 e. The van der Waals surface area contributed by atoms with E-state index in [-0.39, 0.29) is 18.1 Å². The van der Waals surface area contributed by atoms with Crippen molar-refractivity contribution in [2.24, 2.45) is 5.92 Å². The van der Waals surface area contributed by atoms with E-state index in [0.29, 0.717) is 16.9 Å². The Morgan fingerprint density at radius 3 is 2.46 bits per heavy atom. The lowest BCUT2D eigenvalue weighted by molar-refractivity contribution is -0.271. The molecule has 2 rings (SSSR count). The summed E-state index contributed by atoms with van der Waals surface area (Å²) in [6.07, 6.45) is -3.88. The fraction of sp³-hybridized carbons (Fsp3) is 0.556. The summed E-state index contributed by atoms with van der Waals surface area (Å²) in [5, 5.41) is 22.5. The van der Waals surface area contributed by atoms with Crippen LogP contribution < -0.4 is 0 Å². The molecule has 6 heteroatoms. The second-order valence-electron chi connectivity index (χ2n) is 7.19. The van der Waals surface area contributed by atoms with Gasteiger partial charge in [-0.3, -0.25) is 0 Å². The SMILES string of the molecule is Cc1cccc(C(C)(C)CC(O)(CC2C=CSC2)C(F)(F)F)c1O. The zero-order chi connectivity index (χ0) is 18.2. The van der Waals surface area contributed by atoms with Crippen molar-refractivity contribution in [3.05, 3.63) is 40.8 Å². The van der Waals surface area contributed by atoms with Crippen molar-refractivity contribution in [3.63, 3.8) is 0 Å². The quantitative estimate of drug-likeness (QED) is 0.782. The number of phenols is 1. The number of phenolic OH excluding ortho intramolecular Hbond substituents is 1. The number of thioether (sulfide) groups is 1. The average Bonchev–Trinajstić information content (AvgIpc) is 2.92. The molecule has 0 saturated carbocycles. The first kappa shape index (κ1) is 19.2. The lowest BCUT2D eigenvalue weighted by Crippen LogP contribution is -2.50. The minimum Gasteiger partial charge on any atom is -0.507 e. The maximum atomic E-state index is 13.6. The van der Waals surface area contributed by atoms with Crippen molar-refractivity contribution >= 4 is 11.8 Å². The zero-order valence-electron chi connectivity index (χ0n) is 14.0. The van der Waals surface area contributed by atoms with Crippen LogP contribution in [-0.4, -0.2) is 27.7 Å². The van der Waals surface area contributed by atoms with E-state index in [4.69, 9.17) is 0 Å². The predicted octanol–water partition coefficient (Wildman–Crippen LogP) is 4.93. The minimum absolute atomic E-state index is 0.0108. The van der Waals surface area contributed by atoms with Crippen LogP contribution in [-0.2, 0) is 5.41 Å². The van der Waals surface area contributed by atoms with Crippen LogP contribution in [0.25, 0.3) is 0 Å². The van der Waals surface area contributed by atoms with Gasteiger partial charge in [-0.15, -0.1) is 11.8 Å². The van der Waals surface area contributed by atoms with Gasteiger partial charge in [0.05, 0.1) is 0 Å². The molecule has 0 amide bonds. The molecule has 1 aromatic carbocycles. The van der Waals surface area contributed by atoms with Gasteiger partial charge in [-0.05, 0) is 47.6 Å². The number of rotatable bonds is 5. The van der Waals surface area contributed by atoms with Crippen LogP contribution in [0.5, 0.6) is 5.75 Å². The number of aryl methyl sites for hydroxylation is 1. The monoisotopic (exact) mass is 360 g/mol. The predicted molar refractivity (Wildman–Crippen MR) is 91.2 cm³/mol. The normalized spacial score (nSPS) is 21.0. The van der Waals surface area contributed by atoms with Crippen LogP contribution in [0, 0.1) is 12.8 Å². The number of benzene rings is 1. The van der Waals surface area contributed by atoms with Crippen molar-refractivity contribution in [1.29, 1.82) is 0 Å². The Hall–Kier alpha value is -1.14. The third kappa shape index (κ3) is 3.91. The maximum Gasteiger partial charge on any atom is 0.417 e. The Morgan fingerprint density at radius 1 is 1.25 bits per heavy atom. The Morgan fingerprint density at radius 2 is 1.92 bits per heavy atom. The van der Waals surface area contributed by atoms with Gasteiger partial charge >= 0.3 is 6.18 Å². The number of hydrogen-bond donors (Lipinski definition) is 2. The molecule has 2 atom stereocenters. The summed E-state index contributed by atoms with van der Waals surface area (Å²) < 4.78 is 40.9. The number of allylic oxidation sites excluding steroid dienone is 1. The minimum atomic E-state index is -4.73. The molecule has 0 saturated heterocycles. The van der Waals surface area contributed by atoms with Crippen LogP contribution in [0.4, 0.5) is 13.2 Å². The van der Waals surface area contributed by atoms with E-state index in [0.717, 1.165) is 0 Å². The molecule has 1 heterocycles. The highest BCUT2D eigenvalue weighted by Gasteiger charge is 2.56. The van der Waals surface area contributed by atoms with Crippen LogP contribution in [0.3, 0.4) is 0 Å². The Kier molecular flexibility index (Phi) is 5.31. The van der Waals surface area contributed by atoms with Crippen molar-refractivity contribution in [3.8, 4) is 5.75 Å². The van der Waals surface area contributed by atoms with Gasteiger partial charge < -0.3 is 10.2 Å². The van der Waals surface area contributed by atoms with Gasteiger partial charge in [0.15, 0.2) is 5.60 Å². The molecule has 24 heavy (non-hydrogen) atoms. The summed E-state index contributed by atoms with van der Waals surface area (Å²) in [4.78, 5) is 0. The van der Waals surface area contributed by atoms with Crippen LogP contribution in [0.1, 0.15) is 37.8 Å². The van der Waals surface area contributed by atoms with Crippen molar-refractivity contribution in [1.82, 2.24) is 0 Å². The van der Waals surface area contributed by atoms with Gasteiger partial charge in [0.25, 0.3) is 0 Å². The van der Waals surface area contributed by atoms with Gasteiger partial charge in [0, 0.05) is 5.75 Å². The highest BCUT2D eigenvalue weighted by Crippen LogP contribution is 2.47. The van der Waals surface area contributed by atoms with E-state index in [1.165, 1.54) is 11.8 Å². The van der Waals surface area contributed by atoms with Crippen LogP contribution >= 0.6 is 11.8 Å². The lowest BCUT2D eigenvalue weighted by Gasteiger charge is -2.39. The summed E-state index contributed by atoms with van der Waals surface area (Å²) in [5.41, 5.74) is -2.81. The van der Waals surface area contributed by atoms with E-state index in [9.17, 15) is 23.4 Å². The first-order chi connectivity index (χ1) is 11.0. The Bertz CT molecular complexity index is 625. The molecule has 2 nitrogen and oxygen atoms in total. The molecule has 2 unspecified atom stereocenters. The molecule has 1 aliphatic heterocycles. The summed E-state index contributed by atoms with van der Waals surface area (Å²) in [7, 11) is 0. The molecule has 2 N–H and O–H groups in total. The molecule has 134 valence electrons. The molecular formula is C18H23F3O2S. The Labute approximate surface area is 144 Å². The number of aromatic hydroxyl groups is 1. The number of alkyl halides is 3. The Balaban J connectivity index is 2.33.